The lowest BCUT2D eigenvalue weighted by Crippen LogP contribution is -2.40. The lowest BCUT2D eigenvalue weighted by molar-refractivity contribution is -0.122. The maximum Gasteiger partial charge on any atom is 0.274 e. The van der Waals surface area contributed by atoms with Crippen LogP contribution < -0.4 is 15.4 Å². The SMILES string of the molecule is COc1ccccc1Nc1nc(C(=O)N(CC(=O)NCc2ccccn2)Cc2ccccc2)cs1. The van der Waals surface area contributed by atoms with Gasteiger partial charge < -0.3 is 20.3 Å². The summed E-state index contributed by atoms with van der Waals surface area (Å²) in [7, 11) is 1.59. The molecule has 0 atom stereocenters. The highest BCUT2D eigenvalue weighted by Gasteiger charge is 2.22. The number of hydrogen-bond acceptors (Lipinski definition) is 7. The fourth-order valence-corrected chi connectivity index (χ4v) is 4.08. The van der Waals surface area contributed by atoms with Crippen LogP contribution in [0.1, 0.15) is 21.7 Å². The van der Waals surface area contributed by atoms with Crippen molar-refractivity contribution in [3.8, 4) is 5.75 Å². The second-order valence-corrected chi connectivity index (χ2v) is 8.47. The van der Waals surface area contributed by atoms with E-state index in [9.17, 15) is 9.59 Å². The van der Waals surface area contributed by atoms with Crippen LogP contribution >= 0.6 is 11.3 Å². The summed E-state index contributed by atoms with van der Waals surface area (Å²) in [6.45, 7) is 0.466. The van der Waals surface area contributed by atoms with E-state index in [2.05, 4.69) is 20.6 Å². The summed E-state index contributed by atoms with van der Waals surface area (Å²) in [6.07, 6.45) is 1.67. The van der Waals surface area contributed by atoms with Crippen LogP contribution in [0.3, 0.4) is 0 Å². The number of anilines is 2. The fourth-order valence-electron chi connectivity index (χ4n) is 3.38. The Morgan fingerprint density at radius 2 is 1.77 bits per heavy atom. The average molecular weight is 488 g/mol. The Labute approximate surface area is 207 Å². The minimum absolute atomic E-state index is 0.104. The molecular formula is C26H25N5O3S. The van der Waals surface area contributed by atoms with Gasteiger partial charge in [-0.05, 0) is 29.8 Å². The first-order valence-electron chi connectivity index (χ1n) is 11.0. The van der Waals surface area contributed by atoms with E-state index in [1.165, 1.54) is 16.2 Å². The van der Waals surface area contributed by atoms with Crippen LogP contribution in [0.5, 0.6) is 5.75 Å². The van der Waals surface area contributed by atoms with Crippen LogP contribution in [-0.4, -0.2) is 40.3 Å². The molecule has 178 valence electrons. The maximum absolute atomic E-state index is 13.4. The number of carbonyl (C=O) groups is 2. The summed E-state index contributed by atoms with van der Waals surface area (Å²) in [4.78, 5) is 36.2. The molecule has 2 heterocycles. The molecule has 0 saturated carbocycles. The highest BCUT2D eigenvalue weighted by Crippen LogP contribution is 2.29. The summed E-state index contributed by atoms with van der Waals surface area (Å²) in [5.41, 5.74) is 2.67. The number of rotatable bonds is 10. The van der Waals surface area contributed by atoms with Crippen LogP contribution in [0.25, 0.3) is 0 Å². The zero-order valence-corrected chi connectivity index (χ0v) is 20.0. The second-order valence-electron chi connectivity index (χ2n) is 7.61. The molecular weight excluding hydrogens is 462 g/mol. The Hall–Kier alpha value is -4.24. The smallest absolute Gasteiger partial charge is 0.274 e. The standard InChI is InChI=1S/C26H25N5O3S/c1-34-23-13-6-5-12-21(23)29-26-30-22(18-35-26)25(33)31(16-19-9-3-2-4-10-19)17-24(32)28-15-20-11-7-8-14-27-20/h2-14,18H,15-17H2,1H3,(H,28,32)(H,29,30). The van der Waals surface area contributed by atoms with Gasteiger partial charge in [-0.2, -0.15) is 0 Å². The van der Waals surface area contributed by atoms with Crippen molar-refractivity contribution in [3.05, 3.63) is 101 Å². The third kappa shape index (κ3) is 6.64. The van der Waals surface area contributed by atoms with Gasteiger partial charge in [-0.15, -0.1) is 11.3 Å². The minimum Gasteiger partial charge on any atom is -0.495 e. The molecule has 0 aliphatic rings. The molecule has 2 N–H and O–H groups in total. The Morgan fingerprint density at radius 1 is 1.00 bits per heavy atom. The predicted molar refractivity (Wildman–Crippen MR) is 136 cm³/mol. The topological polar surface area (TPSA) is 96.5 Å². The van der Waals surface area contributed by atoms with Gasteiger partial charge in [0.25, 0.3) is 5.91 Å². The minimum atomic E-state index is -0.328. The number of aromatic nitrogens is 2. The molecule has 4 aromatic rings. The number of methoxy groups -OCH3 is 1. The second kappa shape index (κ2) is 11.8. The Kier molecular flexibility index (Phi) is 8.03. The first-order chi connectivity index (χ1) is 17.1. The van der Waals surface area contributed by atoms with Gasteiger partial charge in [0, 0.05) is 18.1 Å². The summed E-state index contributed by atoms with van der Waals surface area (Å²) in [6, 6.07) is 22.5. The third-order valence-electron chi connectivity index (χ3n) is 5.10. The number of para-hydroxylation sites is 2. The van der Waals surface area contributed by atoms with E-state index in [0.29, 0.717) is 10.9 Å². The van der Waals surface area contributed by atoms with E-state index in [0.717, 1.165) is 16.9 Å². The number of carbonyl (C=O) groups excluding carboxylic acids is 2. The number of ether oxygens (including phenoxy) is 1. The van der Waals surface area contributed by atoms with Crippen LogP contribution in [0.15, 0.2) is 84.4 Å². The van der Waals surface area contributed by atoms with Gasteiger partial charge in [0.2, 0.25) is 5.91 Å². The molecule has 0 saturated heterocycles. The average Bonchev–Trinajstić information content (AvgIpc) is 3.36. The third-order valence-corrected chi connectivity index (χ3v) is 5.86. The van der Waals surface area contributed by atoms with Crippen molar-refractivity contribution >= 4 is 34.0 Å². The van der Waals surface area contributed by atoms with E-state index in [-0.39, 0.29) is 37.1 Å². The van der Waals surface area contributed by atoms with E-state index >= 15 is 0 Å². The molecule has 0 radical (unpaired) electrons. The number of hydrogen-bond donors (Lipinski definition) is 2. The molecule has 2 aromatic carbocycles. The lowest BCUT2D eigenvalue weighted by Gasteiger charge is -2.21. The summed E-state index contributed by atoms with van der Waals surface area (Å²) in [5, 5.41) is 8.26. The van der Waals surface area contributed by atoms with Crippen molar-refractivity contribution in [2.24, 2.45) is 0 Å². The van der Waals surface area contributed by atoms with Crippen molar-refractivity contribution in [2.75, 3.05) is 19.0 Å². The van der Waals surface area contributed by atoms with Crippen LogP contribution in [0.2, 0.25) is 0 Å². The number of benzene rings is 2. The van der Waals surface area contributed by atoms with Crippen molar-refractivity contribution in [2.45, 2.75) is 13.1 Å². The zero-order valence-electron chi connectivity index (χ0n) is 19.2. The molecule has 0 unspecified atom stereocenters. The summed E-state index contributed by atoms with van der Waals surface area (Å²) in [5.74, 6) is 0.0690. The van der Waals surface area contributed by atoms with E-state index in [4.69, 9.17) is 4.74 Å². The van der Waals surface area contributed by atoms with Crippen molar-refractivity contribution < 1.29 is 14.3 Å². The predicted octanol–water partition coefficient (Wildman–Crippen LogP) is 4.25. The number of nitrogens with one attached hydrogen (secondary N) is 2. The normalized spacial score (nSPS) is 10.4. The van der Waals surface area contributed by atoms with Gasteiger partial charge in [0.05, 0.1) is 25.0 Å². The molecule has 9 heteroatoms. The first kappa shape index (κ1) is 23.9. The zero-order chi connectivity index (χ0) is 24.5. The molecule has 0 aliphatic heterocycles. The molecule has 0 bridgehead atoms. The van der Waals surface area contributed by atoms with E-state index in [1.54, 1.807) is 18.7 Å². The van der Waals surface area contributed by atoms with Gasteiger partial charge in [0.1, 0.15) is 18.0 Å². The summed E-state index contributed by atoms with van der Waals surface area (Å²) < 4.78 is 5.37. The highest BCUT2D eigenvalue weighted by molar-refractivity contribution is 7.14. The monoisotopic (exact) mass is 487 g/mol. The van der Waals surface area contributed by atoms with Gasteiger partial charge in [0.15, 0.2) is 5.13 Å². The summed E-state index contributed by atoms with van der Waals surface area (Å²) >= 11 is 1.31. The largest absolute Gasteiger partial charge is 0.495 e. The molecule has 0 spiro atoms. The van der Waals surface area contributed by atoms with Gasteiger partial charge in [-0.3, -0.25) is 14.6 Å². The Balaban J connectivity index is 1.47. The van der Waals surface area contributed by atoms with Crippen LogP contribution in [0.4, 0.5) is 10.8 Å². The lowest BCUT2D eigenvalue weighted by atomic mass is 10.2. The van der Waals surface area contributed by atoms with Crippen LogP contribution in [-0.2, 0) is 17.9 Å². The van der Waals surface area contributed by atoms with E-state index in [1.807, 2.05) is 72.8 Å². The molecule has 0 aliphatic carbocycles. The van der Waals surface area contributed by atoms with Crippen molar-refractivity contribution in [1.82, 2.24) is 20.2 Å². The quantitative estimate of drug-likeness (QED) is 0.347. The van der Waals surface area contributed by atoms with E-state index < -0.39 is 0 Å². The molecule has 0 fully saturated rings. The van der Waals surface area contributed by atoms with Gasteiger partial charge in [-0.25, -0.2) is 4.98 Å². The number of pyridine rings is 1. The number of nitrogens with zero attached hydrogens (tertiary/aromatic N) is 3. The number of thiazole rings is 1. The van der Waals surface area contributed by atoms with Gasteiger partial charge >= 0.3 is 0 Å². The van der Waals surface area contributed by atoms with Crippen molar-refractivity contribution in [1.29, 1.82) is 0 Å². The molecule has 35 heavy (non-hydrogen) atoms. The maximum atomic E-state index is 13.4. The van der Waals surface area contributed by atoms with Crippen molar-refractivity contribution in [3.63, 3.8) is 0 Å². The molecule has 2 amide bonds. The highest BCUT2D eigenvalue weighted by atomic mass is 32.1. The van der Waals surface area contributed by atoms with Crippen LogP contribution in [0, 0.1) is 0 Å². The fraction of sp³-hybridized carbons (Fsp3) is 0.154. The van der Waals surface area contributed by atoms with Gasteiger partial charge in [-0.1, -0.05) is 48.5 Å². The molecule has 2 aromatic heterocycles. The molecule has 8 nitrogen and oxygen atoms in total. The first-order valence-corrected chi connectivity index (χ1v) is 11.9. The number of amides is 2. The Morgan fingerprint density at radius 3 is 2.54 bits per heavy atom. The molecule has 4 rings (SSSR count). The Bertz CT molecular complexity index is 1260.